The molecule has 11 heteroatoms. The van der Waals surface area contributed by atoms with Crippen molar-refractivity contribution in [3.05, 3.63) is 59.9 Å². The fourth-order valence-corrected chi connectivity index (χ4v) is 3.79. The van der Waals surface area contributed by atoms with Crippen LogP contribution in [0.3, 0.4) is 0 Å². The SMILES string of the molecule is N#CC1(NC(=O)[C@H](CSCc2cnccn2)N[C@@H](c2ccc(F)cc2)C(F)(F)F)CC1. The summed E-state index contributed by atoms with van der Waals surface area (Å²) in [6.45, 7) is 0. The second kappa shape index (κ2) is 9.62. The number of aromatic nitrogens is 2. The number of carbonyl (C=O) groups is 1. The van der Waals surface area contributed by atoms with E-state index in [9.17, 15) is 27.6 Å². The number of halogens is 4. The first-order valence-electron chi connectivity index (χ1n) is 9.36. The molecule has 0 bridgehead atoms. The Morgan fingerprint density at radius 2 is 1.97 bits per heavy atom. The van der Waals surface area contributed by atoms with Gasteiger partial charge in [0.15, 0.2) is 0 Å². The lowest BCUT2D eigenvalue weighted by atomic mass is 10.0. The van der Waals surface area contributed by atoms with Gasteiger partial charge in [-0.25, -0.2) is 4.39 Å². The van der Waals surface area contributed by atoms with Crippen molar-refractivity contribution in [1.82, 2.24) is 20.6 Å². The van der Waals surface area contributed by atoms with Crippen LogP contribution in [0.2, 0.25) is 0 Å². The van der Waals surface area contributed by atoms with Gasteiger partial charge in [-0.2, -0.15) is 30.2 Å². The second-order valence-electron chi connectivity index (χ2n) is 7.14. The number of alkyl halides is 3. The molecule has 1 aliphatic rings. The Labute approximate surface area is 180 Å². The maximum absolute atomic E-state index is 13.8. The lowest BCUT2D eigenvalue weighted by molar-refractivity contribution is -0.160. The Morgan fingerprint density at radius 1 is 1.26 bits per heavy atom. The van der Waals surface area contributed by atoms with Crippen molar-refractivity contribution in [2.75, 3.05) is 5.75 Å². The molecule has 0 spiro atoms. The van der Waals surface area contributed by atoms with E-state index in [0.29, 0.717) is 24.3 Å². The van der Waals surface area contributed by atoms with E-state index in [1.807, 2.05) is 6.07 Å². The molecule has 0 saturated heterocycles. The molecule has 164 valence electrons. The summed E-state index contributed by atoms with van der Waals surface area (Å²) in [4.78, 5) is 20.8. The van der Waals surface area contributed by atoms with Crippen LogP contribution >= 0.6 is 11.8 Å². The quantitative estimate of drug-likeness (QED) is 0.567. The first-order chi connectivity index (χ1) is 14.7. The Morgan fingerprint density at radius 3 is 2.52 bits per heavy atom. The zero-order chi connectivity index (χ0) is 22.5. The van der Waals surface area contributed by atoms with Crippen molar-refractivity contribution in [3.63, 3.8) is 0 Å². The van der Waals surface area contributed by atoms with Crippen LogP contribution in [0.25, 0.3) is 0 Å². The number of carbonyl (C=O) groups excluding carboxylic acids is 1. The average molecular weight is 453 g/mol. The van der Waals surface area contributed by atoms with Gasteiger partial charge in [-0.05, 0) is 30.5 Å². The summed E-state index contributed by atoms with van der Waals surface area (Å²) in [6, 6.07) is 2.49. The molecule has 1 heterocycles. The lowest BCUT2D eigenvalue weighted by Gasteiger charge is -2.28. The summed E-state index contributed by atoms with van der Waals surface area (Å²) in [5, 5.41) is 14.1. The summed E-state index contributed by atoms with van der Waals surface area (Å²) in [5.41, 5.74) is -0.615. The van der Waals surface area contributed by atoms with Gasteiger partial charge in [0.1, 0.15) is 17.4 Å². The molecular formula is C20H19F4N5OS. The third-order valence-electron chi connectivity index (χ3n) is 4.69. The normalized spacial score (nSPS) is 16.7. The Kier molecular flexibility index (Phi) is 7.12. The number of nitrogens with one attached hydrogen (secondary N) is 2. The lowest BCUT2D eigenvalue weighted by Crippen LogP contribution is -2.52. The first kappa shape index (κ1) is 23.0. The topological polar surface area (TPSA) is 90.7 Å². The number of thioether (sulfide) groups is 1. The van der Waals surface area contributed by atoms with Crippen molar-refractivity contribution < 1.29 is 22.4 Å². The van der Waals surface area contributed by atoms with Gasteiger partial charge in [-0.3, -0.25) is 20.1 Å². The van der Waals surface area contributed by atoms with Gasteiger partial charge < -0.3 is 5.32 Å². The molecule has 0 radical (unpaired) electrons. The van der Waals surface area contributed by atoms with Crippen LogP contribution in [0.4, 0.5) is 17.6 Å². The molecule has 1 aromatic carbocycles. The highest BCUT2D eigenvalue weighted by atomic mass is 32.2. The van der Waals surface area contributed by atoms with Crippen molar-refractivity contribution in [1.29, 1.82) is 5.26 Å². The molecule has 1 fully saturated rings. The Balaban J connectivity index is 1.76. The van der Waals surface area contributed by atoms with Crippen LogP contribution in [0.1, 0.15) is 30.1 Å². The molecule has 31 heavy (non-hydrogen) atoms. The molecule has 3 rings (SSSR count). The molecule has 2 atom stereocenters. The highest BCUT2D eigenvalue weighted by Gasteiger charge is 2.47. The first-order valence-corrected chi connectivity index (χ1v) is 10.5. The zero-order valence-corrected chi connectivity index (χ0v) is 17.0. The minimum absolute atomic E-state index is 0.00229. The standard InChI is InChI=1S/C20H19F4N5OS/c21-14-3-1-13(2-4-14)17(20(22,23)24)28-16(18(30)29-19(12-25)5-6-19)11-31-10-15-9-26-7-8-27-15/h1-4,7-9,16-17,28H,5-6,10-11H2,(H,29,30)/t16-,17-/m0/s1. The van der Waals surface area contributed by atoms with Gasteiger partial charge in [0, 0.05) is 30.1 Å². The minimum Gasteiger partial charge on any atom is -0.336 e. The molecule has 1 saturated carbocycles. The monoisotopic (exact) mass is 453 g/mol. The average Bonchev–Trinajstić information content (AvgIpc) is 3.51. The fraction of sp³-hybridized carbons (Fsp3) is 0.400. The van der Waals surface area contributed by atoms with E-state index in [1.54, 1.807) is 0 Å². The van der Waals surface area contributed by atoms with Crippen LogP contribution in [-0.4, -0.2) is 39.4 Å². The molecule has 1 amide bonds. The van der Waals surface area contributed by atoms with Crippen molar-refractivity contribution in [2.45, 2.75) is 42.4 Å². The molecule has 2 aromatic rings. The summed E-state index contributed by atoms with van der Waals surface area (Å²) in [5.74, 6) is -1.02. The predicted molar refractivity (Wildman–Crippen MR) is 106 cm³/mol. The van der Waals surface area contributed by atoms with Gasteiger partial charge >= 0.3 is 6.18 Å². The smallest absolute Gasteiger partial charge is 0.336 e. The van der Waals surface area contributed by atoms with Crippen molar-refractivity contribution in [2.24, 2.45) is 0 Å². The number of nitrogens with zero attached hydrogens (tertiary/aromatic N) is 3. The van der Waals surface area contributed by atoms with Crippen LogP contribution in [-0.2, 0) is 10.5 Å². The number of benzene rings is 1. The summed E-state index contributed by atoms with van der Waals surface area (Å²) in [7, 11) is 0. The third kappa shape index (κ3) is 6.38. The molecular weight excluding hydrogens is 434 g/mol. The van der Waals surface area contributed by atoms with Gasteiger partial charge in [0.05, 0.1) is 17.8 Å². The van der Waals surface area contributed by atoms with E-state index in [1.165, 1.54) is 30.4 Å². The van der Waals surface area contributed by atoms with Crippen LogP contribution in [0.5, 0.6) is 0 Å². The van der Waals surface area contributed by atoms with E-state index in [4.69, 9.17) is 0 Å². The molecule has 1 aromatic heterocycles. The number of nitriles is 1. The van der Waals surface area contributed by atoms with E-state index < -0.39 is 35.5 Å². The number of hydrogen-bond acceptors (Lipinski definition) is 6. The third-order valence-corrected chi connectivity index (χ3v) is 5.76. The Bertz CT molecular complexity index is 929. The van der Waals surface area contributed by atoms with Gasteiger partial charge in [0.25, 0.3) is 0 Å². The van der Waals surface area contributed by atoms with E-state index in [-0.39, 0.29) is 11.3 Å². The Hall–Kier alpha value is -2.71. The molecule has 0 unspecified atom stereocenters. The molecule has 1 aliphatic carbocycles. The number of rotatable bonds is 9. The van der Waals surface area contributed by atoms with Crippen LogP contribution in [0, 0.1) is 17.1 Å². The summed E-state index contributed by atoms with van der Waals surface area (Å²) < 4.78 is 54.5. The predicted octanol–water partition coefficient (Wildman–Crippen LogP) is 3.28. The molecule has 0 aliphatic heterocycles. The van der Waals surface area contributed by atoms with E-state index >= 15 is 0 Å². The van der Waals surface area contributed by atoms with E-state index in [2.05, 4.69) is 20.6 Å². The second-order valence-corrected chi connectivity index (χ2v) is 8.17. The van der Waals surface area contributed by atoms with Crippen LogP contribution < -0.4 is 10.6 Å². The number of amides is 1. The maximum Gasteiger partial charge on any atom is 0.407 e. The van der Waals surface area contributed by atoms with Crippen molar-refractivity contribution in [3.8, 4) is 6.07 Å². The summed E-state index contributed by atoms with van der Waals surface area (Å²) >= 11 is 1.21. The highest BCUT2D eigenvalue weighted by Crippen LogP contribution is 2.36. The number of hydrogen-bond donors (Lipinski definition) is 2. The minimum atomic E-state index is -4.72. The molecule has 2 N–H and O–H groups in total. The van der Waals surface area contributed by atoms with Gasteiger partial charge in [-0.15, -0.1) is 0 Å². The molecule has 6 nitrogen and oxygen atoms in total. The van der Waals surface area contributed by atoms with Gasteiger partial charge in [-0.1, -0.05) is 12.1 Å². The fourth-order valence-electron chi connectivity index (χ4n) is 2.83. The van der Waals surface area contributed by atoms with Crippen LogP contribution in [0.15, 0.2) is 42.9 Å². The van der Waals surface area contributed by atoms with E-state index in [0.717, 1.165) is 24.3 Å². The summed E-state index contributed by atoms with van der Waals surface area (Å²) in [6.07, 6.45) is 0.709. The maximum atomic E-state index is 13.8. The van der Waals surface area contributed by atoms with Gasteiger partial charge in [0.2, 0.25) is 5.91 Å². The zero-order valence-electron chi connectivity index (χ0n) is 16.2. The largest absolute Gasteiger partial charge is 0.407 e. The highest BCUT2D eigenvalue weighted by molar-refractivity contribution is 7.98. The van der Waals surface area contributed by atoms with Crippen molar-refractivity contribution >= 4 is 17.7 Å².